The summed E-state index contributed by atoms with van der Waals surface area (Å²) in [6.45, 7) is 5.23. The molecular weight excluding hydrogens is 522 g/mol. The zero-order valence-corrected chi connectivity index (χ0v) is 24.4. The van der Waals surface area contributed by atoms with Crippen molar-refractivity contribution < 1.29 is 18.0 Å². The van der Waals surface area contributed by atoms with Gasteiger partial charge in [0.1, 0.15) is 12.6 Å². The van der Waals surface area contributed by atoms with E-state index in [1.807, 2.05) is 50.2 Å². The van der Waals surface area contributed by atoms with Crippen molar-refractivity contribution >= 4 is 27.5 Å². The van der Waals surface area contributed by atoms with Crippen LogP contribution >= 0.6 is 0 Å². The van der Waals surface area contributed by atoms with Crippen LogP contribution in [0.2, 0.25) is 0 Å². The van der Waals surface area contributed by atoms with Gasteiger partial charge in [-0.2, -0.15) is 0 Å². The van der Waals surface area contributed by atoms with E-state index in [0.717, 1.165) is 46.7 Å². The highest BCUT2D eigenvalue weighted by molar-refractivity contribution is 7.92. The van der Waals surface area contributed by atoms with Crippen LogP contribution in [0.3, 0.4) is 0 Å². The number of nitrogens with one attached hydrogen (secondary N) is 1. The summed E-state index contributed by atoms with van der Waals surface area (Å²) < 4.78 is 29.0. The van der Waals surface area contributed by atoms with E-state index in [1.54, 1.807) is 49.4 Å². The summed E-state index contributed by atoms with van der Waals surface area (Å²) in [5, 5.41) is 3.13. The molecule has 212 valence electrons. The molecule has 4 rings (SSSR count). The molecule has 0 heterocycles. The number of anilines is 1. The largest absolute Gasteiger partial charge is 0.352 e. The molecule has 1 saturated carbocycles. The highest BCUT2D eigenvalue weighted by atomic mass is 32.2. The Labute approximate surface area is 238 Å². The molecule has 1 unspecified atom stereocenters. The molecule has 1 fully saturated rings. The SMILES string of the molecule is Cc1ccc(S(=O)(=O)N(CC(=O)N(Cc2ccccc2)C(C)C(=O)NC2CCCCC2)c2cccc(C)c2)cc1. The third-order valence-electron chi connectivity index (χ3n) is 7.49. The summed E-state index contributed by atoms with van der Waals surface area (Å²) in [7, 11) is -4.07. The number of benzene rings is 3. The average molecular weight is 562 g/mol. The molecule has 2 amide bonds. The predicted octanol–water partition coefficient (Wildman–Crippen LogP) is 5.36. The molecule has 3 aromatic carbocycles. The molecule has 8 heteroatoms. The van der Waals surface area contributed by atoms with Gasteiger partial charge in [-0.25, -0.2) is 8.42 Å². The van der Waals surface area contributed by atoms with E-state index >= 15 is 0 Å². The van der Waals surface area contributed by atoms with Gasteiger partial charge in [0.15, 0.2) is 0 Å². The van der Waals surface area contributed by atoms with E-state index < -0.39 is 28.5 Å². The van der Waals surface area contributed by atoms with Crippen LogP contribution in [0.15, 0.2) is 83.8 Å². The number of nitrogens with zero attached hydrogens (tertiary/aromatic N) is 2. The van der Waals surface area contributed by atoms with Crippen molar-refractivity contribution in [3.05, 3.63) is 95.6 Å². The minimum atomic E-state index is -4.07. The van der Waals surface area contributed by atoms with E-state index in [9.17, 15) is 18.0 Å². The van der Waals surface area contributed by atoms with Gasteiger partial charge in [0.25, 0.3) is 10.0 Å². The van der Waals surface area contributed by atoms with Gasteiger partial charge >= 0.3 is 0 Å². The van der Waals surface area contributed by atoms with Crippen LogP contribution in [0, 0.1) is 13.8 Å². The Kier molecular flexibility index (Phi) is 9.63. The molecule has 7 nitrogen and oxygen atoms in total. The average Bonchev–Trinajstić information content (AvgIpc) is 2.95. The Hall–Kier alpha value is -3.65. The number of rotatable bonds is 10. The monoisotopic (exact) mass is 561 g/mol. The topological polar surface area (TPSA) is 86.8 Å². The minimum Gasteiger partial charge on any atom is -0.352 e. The number of hydrogen-bond donors (Lipinski definition) is 1. The molecule has 0 aliphatic heterocycles. The molecule has 1 N–H and O–H groups in total. The van der Waals surface area contributed by atoms with E-state index in [0.29, 0.717) is 5.69 Å². The third kappa shape index (κ3) is 7.30. The summed E-state index contributed by atoms with van der Waals surface area (Å²) >= 11 is 0. The van der Waals surface area contributed by atoms with Crippen molar-refractivity contribution in [1.29, 1.82) is 0 Å². The van der Waals surface area contributed by atoms with Crippen LogP contribution in [0.5, 0.6) is 0 Å². The van der Waals surface area contributed by atoms with Gasteiger partial charge in [0.05, 0.1) is 10.6 Å². The molecule has 1 atom stereocenters. The quantitative estimate of drug-likeness (QED) is 0.361. The first kappa shape index (κ1) is 29.3. The normalized spacial score (nSPS) is 14.8. The lowest BCUT2D eigenvalue weighted by Gasteiger charge is -2.33. The van der Waals surface area contributed by atoms with Crippen molar-refractivity contribution in [2.75, 3.05) is 10.8 Å². The fourth-order valence-electron chi connectivity index (χ4n) is 5.08. The first-order chi connectivity index (χ1) is 19.1. The summed E-state index contributed by atoms with van der Waals surface area (Å²) in [6.07, 6.45) is 5.19. The van der Waals surface area contributed by atoms with Gasteiger partial charge in [-0.15, -0.1) is 0 Å². The van der Waals surface area contributed by atoms with E-state index in [1.165, 1.54) is 11.3 Å². The maximum absolute atomic E-state index is 14.0. The molecule has 40 heavy (non-hydrogen) atoms. The molecule has 1 aliphatic rings. The minimum absolute atomic E-state index is 0.100. The Morgan fingerprint density at radius 1 is 0.875 bits per heavy atom. The van der Waals surface area contributed by atoms with E-state index in [2.05, 4.69) is 5.32 Å². The summed E-state index contributed by atoms with van der Waals surface area (Å²) in [6, 6.07) is 22.4. The van der Waals surface area contributed by atoms with Gasteiger partial charge in [0.2, 0.25) is 11.8 Å². The highest BCUT2D eigenvalue weighted by Gasteiger charge is 2.33. The van der Waals surface area contributed by atoms with Gasteiger partial charge in [-0.1, -0.05) is 79.4 Å². The summed E-state index contributed by atoms with van der Waals surface area (Å²) in [4.78, 5) is 29.0. The van der Waals surface area contributed by atoms with Crippen LogP contribution in [-0.2, 0) is 26.2 Å². The van der Waals surface area contributed by atoms with Crippen LogP contribution in [0.4, 0.5) is 5.69 Å². The molecule has 3 aromatic rings. The zero-order valence-electron chi connectivity index (χ0n) is 23.5. The number of aryl methyl sites for hydroxylation is 2. The maximum atomic E-state index is 14.0. The van der Waals surface area contributed by atoms with E-state index in [4.69, 9.17) is 0 Å². The molecule has 0 spiro atoms. The third-order valence-corrected chi connectivity index (χ3v) is 9.28. The molecule has 0 radical (unpaired) electrons. The van der Waals surface area contributed by atoms with Gasteiger partial charge in [-0.05, 0) is 69.0 Å². The fourth-order valence-corrected chi connectivity index (χ4v) is 6.49. The van der Waals surface area contributed by atoms with Crippen LogP contribution in [0.25, 0.3) is 0 Å². The second kappa shape index (κ2) is 13.1. The standard InChI is InChI=1S/C32H39N3O4S/c1-24-17-19-30(20-18-24)40(38,39)35(29-16-10-11-25(2)21-29)23-31(36)34(22-27-12-6-4-7-13-27)26(3)32(37)33-28-14-8-5-9-15-28/h4,6-7,10-13,16-21,26,28H,5,8-9,14-15,22-23H2,1-3H3,(H,33,37). The first-order valence-electron chi connectivity index (χ1n) is 13.9. The first-order valence-corrected chi connectivity index (χ1v) is 15.4. The Balaban J connectivity index is 1.66. The molecular formula is C32H39N3O4S. The number of amides is 2. The van der Waals surface area contributed by atoms with Crippen molar-refractivity contribution in [2.24, 2.45) is 0 Å². The number of hydrogen-bond acceptors (Lipinski definition) is 4. The van der Waals surface area contributed by atoms with Crippen molar-refractivity contribution in [1.82, 2.24) is 10.2 Å². The van der Waals surface area contributed by atoms with Crippen molar-refractivity contribution in [2.45, 2.75) is 76.4 Å². The number of carbonyl (C=O) groups is 2. The molecule has 1 aliphatic carbocycles. The number of carbonyl (C=O) groups excluding carboxylic acids is 2. The smallest absolute Gasteiger partial charge is 0.264 e. The van der Waals surface area contributed by atoms with Gasteiger partial charge in [-0.3, -0.25) is 13.9 Å². The molecule has 0 aromatic heterocycles. The Bertz CT molecular complexity index is 1400. The summed E-state index contributed by atoms with van der Waals surface area (Å²) in [5.41, 5.74) is 3.06. The lowest BCUT2D eigenvalue weighted by atomic mass is 9.95. The maximum Gasteiger partial charge on any atom is 0.264 e. The van der Waals surface area contributed by atoms with Crippen LogP contribution < -0.4 is 9.62 Å². The van der Waals surface area contributed by atoms with Gasteiger partial charge in [0, 0.05) is 12.6 Å². The molecule has 0 saturated heterocycles. The lowest BCUT2D eigenvalue weighted by Crippen LogP contribution is -2.53. The Morgan fingerprint density at radius 3 is 2.20 bits per heavy atom. The predicted molar refractivity (Wildman–Crippen MR) is 158 cm³/mol. The number of sulfonamides is 1. The zero-order chi connectivity index (χ0) is 28.7. The Morgan fingerprint density at radius 2 is 1.55 bits per heavy atom. The highest BCUT2D eigenvalue weighted by Crippen LogP contribution is 2.26. The summed E-state index contributed by atoms with van der Waals surface area (Å²) in [5.74, 6) is -0.674. The van der Waals surface area contributed by atoms with Gasteiger partial charge < -0.3 is 10.2 Å². The lowest BCUT2D eigenvalue weighted by molar-refractivity contribution is -0.139. The second-order valence-corrected chi connectivity index (χ2v) is 12.6. The van der Waals surface area contributed by atoms with E-state index in [-0.39, 0.29) is 23.4 Å². The van der Waals surface area contributed by atoms with Crippen LogP contribution in [0.1, 0.15) is 55.7 Å². The van der Waals surface area contributed by atoms with Crippen molar-refractivity contribution in [3.63, 3.8) is 0 Å². The van der Waals surface area contributed by atoms with Crippen LogP contribution in [-0.4, -0.2) is 43.8 Å². The second-order valence-electron chi connectivity index (χ2n) is 10.7. The van der Waals surface area contributed by atoms with Crippen molar-refractivity contribution in [3.8, 4) is 0 Å². The fraction of sp³-hybridized carbons (Fsp3) is 0.375. The molecule has 0 bridgehead atoms.